The standard InChI is InChI=1S/C16H25NO10/c18-7-1-4-12(19)17-11(16(25)27-9-3-6-14(22)23)10-15(24)26-8-2-5-13(20)21/h11,18H,1-10H2,(H,17,19)(H,20,21)(H,22,23). The second-order valence-electron chi connectivity index (χ2n) is 5.53. The van der Waals surface area contributed by atoms with Crippen molar-refractivity contribution in [3.8, 4) is 0 Å². The molecule has 0 heterocycles. The fraction of sp³-hybridized carbons (Fsp3) is 0.688. The molecule has 0 rings (SSSR count). The number of rotatable bonds is 15. The molecule has 0 aliphatic heterocycles. The Balaban J connectivity index is 4.55. The van der Waals surface area contributed by atoms with E-state index < -0.39 is 42.2 Å². The third-order valence-electron chi connectivity index (χ3n) is 3.13. The van der Waals surface area contributed by atoms with Crippen molar-refractivity contribution in [1.29, 1.82) is 0 Å². The van der Waals surface area contributed by atoms with E-state index in [1.54, 1.807) is 0 Å². The average Bonchev–Trinajstić information content (AvgIpc) is 2.59. The number of aliphatic hydroxyl groups is 1. The van der Waals surface area contributed by atoms with Crippen LogP contribution in [0.1, 0.15) is 44.9 Å². The van der Waals surface area contributed by atoms with Gasteiger partial charge in [-0.25, -0.2) is 4.79 Å². The highest BCUT2D eigenvalue weighted by Crippen LogP contribution is 2.03. The highest BCUT2D eigenvalue weighted by atomic mass is 16.5. The first-order valence-electron chi connectivity index (χ1n) is 8.42. The topological polar surface area (TPSA) is 177 Å². The summed E-state index contributed by atoms with van der Waals surface area (Å²) in [7, 11) is 0. The minimum Gasteiger partial charge on any atom is -0.481 e. The molecule has 0 fully saturated rings. The van der Waals surface area contributed by atoms with Gasteiger partial charge >= 0.3 is 23.9 Å². The van der Waals surface area contributed by atoms with E-state index >= 15 is 0 Å². The Morgan fingerprint density at radius 3 is 1.89 bits per heavy atom. The van der Waals surface area contributed by atoms with Gasteiger partial charge in [0.2, 0.25) is 5.91 Å². The molecule has 0 aliphatic carbocycles. The van der Waals surface area contributed by atoms with Crippen LogP contribution < -0.4 is 5.32 Å². The Labute approximate surface area is 155 Å². The van der Waals surface area contributed by atoms with Gasteiger partial charge in [0.05, 0.1) is 19.6 Å². The number of nitrogens with one attached hydrogen (secondary N) is 1. The van der Waals surface area contributed by atoms with Crippen LogP contribution in [0.3, 0.4) is 0 Å². The van der Waals surface area contributed by atoms with Crippen LogP contribution in [0.5, 0.6) is 0 Å². The Kier molecular flexibility index (Phi) is 13.0. The van der Waals surface area contributed by atoms with E-state index in [4.69, 9.17) is 24.8 Å². The summed E-state index contributed by atoms with van der Waals surface area (Å²) >= 11 is 0. The molecule has 154 valence electrons. The van der Waals surface area contributed by atoms with E-state index in [0.717, 1.165) is 0 Å². The Hall–Kier alpha value is -2.69. The van der Waals surface area contributed by atoms with Crippen molar-refractivity contribution >= 4 is 29.8 Å². The van der Waals surface area contributed by atoms with Crippen LogP contribution in [0.25, 0.3) is 0 Å². The number of amides is 1. The lowest BCUT2D eigenvalue weighted by atomic mass is 10.2. The van der Waals surface area contributed by atoms with E-state index in [9.17, 15) is 24.0 Å². The fourth-order valence-corrected chi connectivity index (χ4v) is 1.83. The number of aliphatic carboxylic acids is 2. The summed E-state index contributed by atoms with van der Waals surface area (Å²) in [6.07, 6.45) is -0.610. The number of hydrogen-bond acceptors (Lipinski definition) is 8. The Bertz CT molecular complexity index is 519. The average molecular weight is 391 g/mol. The number of aliphatic hydroxyl groups excluding tert-OH is 1. The van der Waals surface area contributed by atoms with Gasteiger partial charge < -0.3 is 30.1 Å². The molecule has 4 N–H and O–H groups in total. The summed E-state index contributed by atoms with van der Waals surface area (Å²) in [5, 5.41) is 28.1. The molecule has 0 radical (unpaired) electrons. The second kappa shape index (κ2) is 14.5. The molecule has 11 heteroatoms. The summed E-state index contributed by atoms with van der Waals surface area (Å²) in [5.41, 5.74) is 0. The molecule has 0 spiro atoms. The van der Waals surface area contributed by atoms with Crippen molar-refractivity contribution in [2.45, 2.75) is 51.0 Å². The van der Waals surface area contributed by atoms with E-state index in [1.807, 2.05) is 0 Å². The van der Waals surface area contributed by atoms with E-state index in [-0.39, 0.29) is 58.3 Å². The Morgan fingerprint density at radius 2 is 1.37 bits per heavy atom. The number of carboxylic acids is 2. The van der Waals surface area contributed by atoms with E-state index in [0.29, 0.717) is 0 Å². The van der Waals surface area contributed by atoms with Crippen LogP contribution in [-0.2, 0) is 33.4 Å². The zero-order valence-electron chi connectivity index (χ0n) is 14.8. The zero-order valence-corrected chi connectivity index (χ0v) is 14.8. The molecule has 0 aromatic heterocycles. The first kappa shape index (κ1) is 24.3. The van der Waals surface area contributed by atoms with Crippen LogP contribution in [0, 0.1) is 0 Å². The lowest BCUT2D eigenvalue weighted by molar-refractivity contribution is -0.154. The number of carboxylic acid groups (broad SMARTS) is 2. The molecule has 0 aliphatic rings. The van der Waals surface area contributed by atoms with Crippen LogP contribution in [0.2, 0.25) is 0 Å². The maximum Gasteiger partial charge on any atom is 0.329 e. The summed E-state index contributed by atoms with van der Waals surface area (Å²) in [6.45, 7) is -0.560. The van der Waals surface area contributed by atoms with Crippen molar-refractivity contribution < 1.29 is 48.8 Å². The van der Waals surface area contributed by atoms with E-state index in [1.165, 1.54) is 0 Å². The normalized spacial score (nSPS) is 11.3. The number of esters is 2. The van der Waals surface area contributed by atoms with Gasteiger partial charge in [0.25, 0.3) is 0 Å². The number of hydrogen-bond donors (Lipinski definition) is 4. The molecule has 0 saturated carbocycles. The monoisotopic (exact) mass is 391 g/mol. The first-order valence-corrected chi connectivity index (χ1v) is 8.42. The van der Waals surface area contributed by atoms with Crippen LogP contribution in [0.15, 0.2) is 0 Å². The van der Waals surface area contributed by atoms with Gasteiger partial charge in [-0.2, -0.15) is 0 Å². The largest absolute Gasteiger partial charge is 0.481 e. The molecule has 1 amide bonds. The molecule has 27 heavy (non-hydrogen) atoms. The molecule has 0 aromatic rings. The third-order valence-corrected chi connectivity index (χ3v) is 3.13. The minimum atomic E-state index is -1.33. The summed E-state index contributed by atoms with van der Waals surface area (Å²) in [4.78, 5) is 56.3. The van der Waals surface area contributed by atoms with E-state index in [2.05, 4.69) is 5.32 Å². The van der Waals surface area contributed by atoms with Gasteiger partial charge in [0, 0.05) is 25.9 Å². The number of carbonyl (C=O) groups is 5. The van der Waals surface area contributed by atoms with Gasteiger partial charge in [-0.3, -0.25) is 19.2 Å². The van der Waals surface area contributed by atoms with Gasteiger partial charge in [0.15, 0.2) is 0 Å². The maximum absolute atomic E-state index is 12.0. The van der Waals surface area contributed by atoms with Gasteiger partial charge in [0.1, 0.15) is 6.04 Å². The van der Waals surface area contributed by atoms with Crippen molar-refractivity contribution in [3.63, 3.8) is 0 Å². The number of carbonyl (C=O) groups excluding carboxylic acids is 3. The molecule has 0 saturated heterocycles. The first-order chi connectivity index (χ1) is 12.8. The minimum absolute atomic E-state index is 0.0625. The smallest absolute Gasteiger partial charge is 0.329 e. The SMILES string of the molecule is O=C(O)CCCOC(=O)CC(NC(=O)CCCO)C(=O)OCCCC(=O)O. The van der Waals surface area contributed by atoms with Gasteiger partial charge in [-0.1, -0.05) is 0 Å². The highest BCUT2D eigenvalue weighted by Gasteiger charge is 2.26. The summed E-state index contributed by atoms with van der Waals surface area (Å²) in [5.74, 6) is -4.40. The predicted octanol–water partition coefficient (Wildman–Crippen LogP) is -0.550. The Morgan fingerprint density at radius 1 is 0.815 bits per heavy atom. The molecule has 1 unspecified atom stereocenters. The summed E-state index contributed by atoms with van der Waals surface area (Å²) in [6, 6.07) is -1.33. The van der Waals surface area contributed by atoms with Gasteiger partial charge in [-0.15, -0.1) is 0 Å². The van der Waals surface area contributed by atoms with Crippen LogP contribution in [-0.4, -0.2) is 71.0 Å². The highest BCUT2D eigenvalue weighted by molar-refractivity contribution is 5.88. The van der Waals surface area contributed by atoms with Crippen molar-refractivity contribution in [3.05, 3.63) is 0 Å². The maximum atomic E-state index is 12.0. The van der Waals surface area contributed by atoms with Crippen LogP contribution >= 0.6 is 0 Å². The third kappa shape index (κ3) is 14.2. The predicted molar refractivity (Wildman–Crippen MR) is 88.5 cm³/mol. The number of ether oxygens (including phenoxy) is 2. The lowest BCUT2D eigenvalue weighted by Crippen LogP contribution is -2.43. The van der Waals surface area contributed by atoms with Crippen molar-refractivity contribution in [1.82, 2.24) is 5.32 Å². The molecule has 0 aromatic carbocycles. The fourth-order valence-electron chi connectivity index (χ4n) is 1.83. The molecule has 11 nitrogen and oxygen atoms in total. The molecular formula is C16H25NO10. The van der Waals surface area contributed by atoms with Gasteiger partial charge in [-0.05, 0) is 19.3 Å². The van der Waals surface area contributed by atoms with Crippen molar-refractivity contribution in [2.24, 2.45) is 0 Å². The lowest BCUT2D eigenvalue weighted by Gasteiger charge is -2.17. The quantitative estimate of drug-likeness (QED) is 0.209. The molecule has 0 bridgehead atoms. The molecular weight excluding hydrogens is 366 g/mol. The zero-order chi connectivity index (χ0) is 20.7. The summed E-state index contributed by atoms with van der Waals surface area (Å²) < 4.78 is 9.68. The van der Waals surface area contributed by atoms with Crippen LogP contribution in [0.4, 0.5) is 0 Å². The molecule has 1 atom stereocenters. The van der Waals surface area contributed by atoms with Crippen molar-refractivity contribution in [2.75, 3.05) is 19.8 Å². The second-order valence-corrected chi connectivity index (χ2v) is 5.53.